The summed E-state index contributed by atoms with van der Waals surface area (Å²) in [7, 11) is 0. The average molecular weight is 383 g/mol. The van der Waals surface area contributed by atoms with Gasteiger partial charge in [0.2, 0.25) is 11.8 Å². The molecule has 0 fully saturated rings. The highest BCUT2D eigenvalue weighted by Gasteiger charge is 2.12. The summed E-state index contributed by atoms with van der Waals surface area (Å²) in [4.78, 5) is 13.1. The van der Waals surface area contributed by atoms with Crippen molar-refractivity contribution in [3.8, 4) is 17.2 Å². The average Bonchev–Trinajstić information content (AvgIpc) is 3.11. The minimum absolute atomic E-state index is 0.0802. The summed E-state index contributed by atoms with van der Waals surface area (Å²) in [6.07, 6.45) is 0.188. The molecule has 1 heterocycles. The van der Waals surface area contributed by atoms with Crippen molar-refractivity contribution >= 4 is 23.7 Å². The van der Waals surface area contributed by atoms with Crippen LogP contribution in [-0.2, 0) is 4.79 Å². The Labute approximate surface area is 162 Å². The molecule has 3 aromatic rings. The summed E-state index contributed by atoms with van der Waals surface area (Å²) in [5.41, 5.74) is 0.820. The van der Waals surface area contributed by atoms with E-state index in [0.717, 1.165) is 16.2 Å². The molecule has 1 aromatic heterocycles. The second-order valence-electron chi connectivity index (χ2n) is 6.07. The van der Waals surface area contributed by atoms with Crippen LogP contribution in [0.5, 0.6) is 5.75 Å². The predicted molar refractivity (Wildman–Crippen MR) is 106 cm³/mol. The van der Waals surface area contributed by atoms with E-state index in [9.17, 15) is 4.79 Å². The van der Waals surface area contributed by atoms with Crippen LogP contribution in [0.15, 0.2) is 63.9 Å². The fraction of sp³-hybridized carbons (Fsp3) is 0.250. The number of rotatable bonds is 8. The topological polar surface area (TPSA) is 77.2 Å². The largest absolute Gasteiger partial charge is 0.493 e. The van der Waals surface area contributed by atoms with Crippen LogP contribution < -0.4 is 10.1 Å². The number of thioether (sulfide) groups is 1. The molecule has 27 heavy (non-hydrogen) atoms. The lowest BCUT2D eigenvalue weighted by Gasteiger charge is -2.05. The van der Waals surface area contributed by atoms with Crippen LogP contribution in [0.1, 0.15) is 20.3 Å². The number of anilines is 1. The number of para-hydroxylation sites is 1. The Bertz CT molecular complexity index is 881. The van der Waals surface area contributed by atoms with Gasteiger partial charge in [0.15, 0.2) is 0 Å². The number of nitrogens with one attached hydrogen (secondary N) is 1. The number of benzene rings is 2. The highest BCUT2D eigenvalue weighted by Crippen LogP contribution is 2.28. The second-order valence-corrected chi connectivity index (χ2v) is 7.72. The molecule has 7 heteroatoms. The lowest BCUT2D eigenvalue weighted by atomic mass is 10.2. The Hall–Kier alpha value is -2.80. The van der Waals surface area contributed by atoms with Gasteiger partial charge in [0.25, 0.3) is 0 Å². The van der Waals surface area contributed by atoms with Crippen molar-refractivity contribution in [2.75, 3.05) is 11.9 Å². The second kappa shape index (κ2) is 9.23. The zero-order valence-electron chi connectivity index (χ0n) is 15.2. The molecule has 0 radical (unpaired) electrons. The van der Waals surface area contributed by atoms with Gasteiger partial charge in [-0.2, -0.15) is 0 Å². The van der Waals surface area contributed by atoms with Crippen molar-refractivity contribution in [2.45, 2.75) is 30.4 Å². The minimum Gasteiger partial charge on any atom is -0.493 e. The molecular formula is C20H21N3O3S. The van der Waals surface area contributed by atoms with Crippen LogP contribution in [0.2, 0.25) is 0 Å². The smallest absolute Gasteiger partial charge is 0.322 e. The van der Waals surface area contributed by atoms with Crippen molar-refractivity contribution in [3.05, 3.63) is 54.6 Å². The Morgan fingerprint density at radius 1 is 1.15 bits per heavy atom. The molecule has 0 unspecified atom stereocenters. The molecule has 0 atom stereocenters. The lowest BCUT2D eigenvalue weighted by molar-refractivity contribution is -0.116. The van der Waals surface area contributed by atoms with Crippen LogP contribution in [0.25, 0.3) is 11.5 Å². The molecule has 0 bridgehead atoms. The number of hydrogen-bond donors (Lipinski definition) is 1. The van der Waals surface area contributed by atoms with Gasteiger partial charge in [-0.25, -0.2) is 0 Å². The third-order valence-corrected chi connectivity index (χ3v) is 4.46. The summed E-state index contributed by atoms with van der Waals surface area (Å²) in [6.45, 7) is 4.55. The number of nitrogens with zero attached hydrogens (tertiary/aromatic N) is 2. The molecular weight excluding hydrogens is 362 g/mol. The van der Waals surface area contributed by atoms with Gasteiger partial charge in [0.1, 0.15) is 5.75 Å². The van der Waals surface area contributed by atoms with E-state index in [0.29, 0.717) is 11.1 Å². The quantitative estimate of drug-likeness (QED) is 0.571. The number of hydrogen-bond acceptors (Lipinski definition) is 6. The van der Waals surface area contributed by atoms with E-state index in [1.807, 2.05) is 54.6 Å². The third-order valence-electron chi connectivity index (χ3n) is 3.47. The van der Waals surface area contributed by atoms with Crippen molar-refractivity contribution in [1.82, 2.24) is 10.2 Å². The van der Waals surface area contributed by atoms with Gasteiger partial charge in [-0.1, -0.05) is 43.2 Å². The monoisotopic (exact) mass is 383 g/mol. The van der Waals surface area contributed by atoms with E-state index in [2.05, 4.69) is 29.4 Å². The standard InChI is InChI=1S/C20H21N3O3S/c1-14(2)27-17-10-6-7-15(13-17)19-22-23-20(26-19)21-18(24)11-12-25-16-8-4-3-5-9-16/h3-10,13-14H,11-12H2,1-2H3,(H,21,23,24). The van der Waals surface area contributed by atoms with Gasteiger partial charge in [-0.15, -0.1) is 16.9 Å². The fourth-order valence-electron chi connectivity index (χ4n) is 2.33. The predicted octanol–water partition coefficient (Wildman–Crippen LogP) is 4.64. The summed E-state index contributed by atoms with van der Waals surface area (Å²) < 4.78 is 11.1. The summed E-state index contributed by atoms with van der Waals surface area (Å²) in [5.74, 6) is 0.854. The van der Waals surface area contributed by atoms with Crippen molar-refractivity contribution in [2.24, 2.45) is 0 Å². The summed E-state index contributed by atoms with van der Waals surface area (Å²) in [5, 5.41) is 11.0. The number of ether oxygens (including phenoxy) is 1. The molecule has 3 rings (SSSR count). The zero-order valence-corrected chi connectivity index (χ0v) is 16.0. The van der Waals surface area contributed by atoms with E-state index in [1.165, 1.54) is 0 Å². The molecule has 0 aliphatic heterocycles. The first-order chi connectivity index (χ1) is 13.1. The fourth-order valence-corrected chi connectivity index (χ4v) is 3.22. The molecule has 0 aliphatic rings. The van der Waals surface area contributed by atoms with Crippen molar-refractivity contribution < 1.29 is 13.9 Å². The van der Waals surface area contributed by atoms with Gasteiger partial charge in [0, 0.05) is 15.7 Å². The summed E-state index contributed by atoms with van der Waals surface area (Å²) >= 11 is 1.76. The number of carbonyl (C=O) groups excluding carboxylic acids is 1. The Kier molecular flexibility index (Phi) is 6.49. The maximum absolute atomic E-state index is 12.0. The molecule has 0 aliphatic carbocycles. The molecule has 140 valence electrons. The van der Waals surface area contributed by atoms with E-state index in [4.69, 9.17) is 9.15 Å². The highest BCUT2D eigenvalue weighted by molar-refractivity contribution is 7.99. The molecule has 0 saturated carbocycles. The zero-order chi connectivity index (χ0) is 19.1. The number of aromatic nitrogens is 2. The maximum Gasteiger partial charge on any atom is 0.322 e. The van der Waals surface area contributed by atoms with E-state index in [1.54, 1.807) is 11.8 Å². The van der Waals surface area contributed by atoms with Crippen molar-refractivity contribution in [3.63, 3.8) is 0 Å². The van der Waals surface area contributed by atoms with Gasteiger partial charge in [-0.3, -0.25) is 10.1 Å². The lowest BCUT2D eigenvalue weighted by Crippen LogP contribution is -2.15. The van der Waals surface area contributed by atoms with Gasteiger partial charge in [0.05, 0.1) is 13.0 Å². The molecule has 0 saturated heterocycles. The Balaban J connectivity index is 1.53. The highest BCUT2D eigenvalue weighted by atomic mass is 32.2. The van der Waals surface area contributed by atoms with Gasteiger partial charge < -0.3 is 9.15 Å². The van der Waals surface area contributed by atoms with E-state index in [-0.39, 0.29) is 24.9 Å². The first kappa shape index (κ1) is 19.0. The molecule has 6 nitrogen and oxygen atoms in total. The number of amides is 1. The normalized spacial score (nSPS) is 10.8. The first-order valence-electron chi connectivity index (χ1n) is 8.68. The third kappa shape index (κ3) is 5.86. The van der Waals surface area contributed by atoms with E-state index >= 15 is 0 Å². The molecule has 1 amide bonds. The Morgan fingerprint density at radius 2 is 1.96 bits per heavy atom. The SMILES string of the molecule is CC(C)Sc1cccc(-c2nnc(NC(=O)CCOc3ccccc3)o2)c1. The molecule has 0 spiro atoms. The minimum atomic E-state index is -0.245. The van der Waals surface area contributed by atoms with Gasteiger partial charge in [-0.05, 0) is 30.3 Å². The number of carbonyl (C=O) groups is 1. The molecule has 2 aromatic carbocycles. The molecule has 1 N–H and O–H groups in total. The first-order valence-corrected chi connectivity index (χ1v) is 9.56. The van der Waals surface area contributed by atoms with Crippen LogP contribution in [0.3, 0.4) is 0 Å². The van der Waals surface area contributed by atoms with Crippen LogP contribution in [-0.4, -0.2) is 28.0 Å². The van der Waals surface area contributed by atoms with Crippen LogP contribution in [0, 0.1) is 0 Å². The van der Waals surface area contributed by atoms with Gasteiger partial charge >= 0.3 is 6.01 Å². The van der Waals surface area contributed by atoms with Crippen molar-refractivity contribution in [1.29, 1.82) is 0 Å². The Morgan fingerprint density at radius 3 is 2.74 bits per heavy atom. The maximum atomic E-state index is 12.0. The van der Waals surface area contributed by atoms with Crippen LogP contribution >= 0.6 is 11.8 Å². The van der Waals surface area contributed by atoms with E-state index < -0.39 is 0 Å². The summed E-state index contributed by atoms with van der Waals surface area (Å²) in [6, 6.07) is 17.3. The van der Waals surface area contributed by atoms with Crippen LogP contribution in [0.4, 0.5) is 6.01 Å².